The molecule has 3 amide bonds. The number of phenolic OH excluding ortho intramolecular Hbond substituents is 1. The summed E-state index contributed by atoms with van der Waals surface area (Å²) >= 11 is 0. The van der Waals surface area contributed by atoms with E-state index in [-0.39, 0.29) is 11.7 Å². The molecule has 6 nitrogen and oxygen atoms in total. The zero-order valence-electron chi connectivity index (χ0n) is 14.6. The summed E-state index contributed by atoms with van der Waals surface area (Å²) in [7, 11) is 0. The van der Waals surface area contributed by atoms with Crippen LogP contribution >= 0.6 is 0 Å². The molecule has 0 spiro atoms. The Labute approximate surface area is 151 Å². The smallest absolute Gasteiger partial charge is 0.262 e. The molecular formula is C20H20N2O4. The fourth-order valence-electron chi connectivity index (χ4n) is 3.08. The molecule has 0 radical (unpaired) electrons. The number of carbonyl (C=O) groups is 3. The van der Waals surface area contributed by atoms with Crippen LogP contribution in [0.1, 0.15) is 41.0 Å². The van der Waals surface area contributed by atoms with Gasteiger partial charge in [0.2, 0.25) is 5.91 Å². The highest BCUT2D eigenvalue weighted by atomic mass is 16.3. The van der Waals surface area contributed by atoms with Crippen LogP contribution in [0.15, 0.2) is 48.5 Å². The predicted molar refractivity (Wildman–Crippen MR) is 96.9 cm³/mol. The summed E-state index contributed by atoms with van der Waals surface area (Å²) in [5.74, 6) is -1.26. The predicted octanol–water partition coefficient (Wildman–Crippen LogP) is 3.04. The Kier molecular flexibility index (Phi) is 4.75. The molecule has 1 aliphatic rings. The Bertz CT molecular complexity index is 841. The van der Waals surface area contributed by atoms with Gasteiger partial charge in [-0.1, -0.05) is 32.0 Å². The number of nitrogens with one attached hydrogen (secondary N) is 1. The van der Waals surface area contributed by atoms with Crippen LogP contribution in [0.25, 0.3) is 0 Å². The van der Waals surface area contributed by atoms with Crippen molar-refractivity contribution in [3.05, 3.63) is 59.7 Å². The fraction of sp³-hybridized carbons (Fsp3) is 0.250. The first-order valence-electron chi connectivity index (χ1n) is 8.45. The second-order valence-electron chi connectivity index (χ2n) is 6.71. The maximum atomic E-state index is 12.8. The minimum absolute atomic E-state index is 0.0175. The average molecular weight is 352 g/mol. The van der Waals surface area contributed by atoms with Crippen LogP contribution in [0.2, 0.25) is 0 Å². The Morgan fingerprint density at radius 3 is 2.19 bits per heavy atom. The van der Waals surface area contributed by atoms with Crippen molar-refractivity contribution in [2.45, 2.75) is 26.3 Å². The highest BCUT2D eigenvalue weighted by Crippen LogP contribution is 2.27. The number of amides is 3. The van der Waals surface area contributed by atoms with Gasteiger partial charge in [0.1, 0.15) is 11.8 Å². The van der Waals surface area contributed by atoms with Crippen LogP contribution in [0, 0.1) is 5.92 Å². The molecule has 0 saturated heterocycles. The van der Waals surface area contributed by atoms with Gasteiger partial charge in [0.05, 0.1) is 11.1 Å². The van der Waals surface area contributed by atoms with Crippen LogP contribution < -0.4 is 5.32 Å². The average Bonchev–Trinajstić information content (AvgIpc) is 2.84. The lowest BCUT2D eigenvalue weighted by atomic mass is 10.0. The molecule has 1 heterocycles. The standard InChI is InChI=1S/C20H20N2O4/c1-12(2)10-17(18(24)21-13-6-5-7-14(23)11-13)22-19(25)15-8-3-4-9-16(15)20(22)26/h3-9,11-12,17,23H,10H2,1-2H3,(H,21,24)/t17-/m1/s1. The van der Waals surface area contributed by atoms with Crippen molar-refractivity contribution >= 4 is 23.4 Å². The van der Waals surface area contributed by atoms with Crippen molar-refractivity contribution in [3.8, 4) is 5.75 Å². The van der Waals surface area contributed by atoms with Crippen molar-refractivity contribution in [3.63, 3.8) is 0 Å². The van der Waals surface area contributed by atoms with E-state index < -0.39 is 23.8 Å². The van der Waals surface area contributed by atoms with Crippen molar-refractivity contribution in [1.29, 1.82) is 0 Å². The summed E-state index contributed by atoms with van der Waals surface area (Å²) in [5.41, 5.74) is 1.04. The van der Waals surface area contributed by atoms with Gasteiger partial charge in [0.25, 0.3) is 11.8 Å². The highest BCUT2D eigenvalue weighted by Gasteiger charge is 2.42. The first kappa shape index (κ1) is 17.7. The van der Waals surface area contributed by atoms with Crippen LogP contribution in [-0.2, 0) is 4.79 Å². The van der Waals surface area contributed by atoms with Gasteiger partial charge < -0.3 is 10.4 Å². The molecule has 1 aliphatic heterocycles. The lowest BCUT2D eigenvalue weighted by Crippen LogP contribution is -2.47. The van der Waals surface area contributed by atoms with Crippen LogP contribution in [0.5, 0.6) is 5.75 Å². The van der Waals surface area contributed by atoms with Crippen LogP contribution in [0.3, 0.4) is 0 Å². The molecular weight excluding hydrogens is 332 g/mol. The molecule has 0 unspecified atom stereocenters. The summed E-state index contributed by atoms with van der Waals surface area (Å²) in [6.07, 6.45) is 0.343. The summed E-state index contributed by atoms with van der Waals surface area (Å²) in [6.45, 7) is 3.85. The van der Waals surface area contributed by atoms with E-state index >= 15 is 0 Å². The normalized spacial score (nSPS) is 14.5. The minimum atomic E-state index is -0.926. The van der Waals surface area contributed by atoms with E-state index in [4.69, 9.17) is 0 Å². The summed E-state index contributed by atoms with van der Waals surface area (Å²) < 4.78 is 0. The van der Waals surface area contributed by atoms with Gasteiger partial charge in [-0.2, -0.15) is 0 Å². The van der Waals surface area contributed by atoms with Gasteiger partial charge in [-0.25, -0.2) is 0 Å². The fourth-order valence-corrected chi connectivity index (χ4v) is 3.08. The Hall–Kier alpha value is -3.15. The number of nitrogens with zero attached hydrogens (tertiary/aromatic N) is 1. The number of aromatic hydroxyl groups is 1. The van der Waals surface area contributed by atoms with Crippen molar-refractivity contribution in [2.24, 2.45) is 5.92 Å². The van der Waals surface area contributed by atoms with E-state index in [0.29, 0.717) is 23.2 Å². The van der Waals surface area contributed by atoms with Gasteiger partial charge in [0.15, 0.2) is 0 Å². The lowest BCUT2D eigenvalue weighted by molar-refractivity contribution is -0.120. The van der Waals surface area contributed by atoms with Gasteiger partial charge in [-0.3, -0.25) is 19.3 Å². The molecule has 26 heavy (non-hydrogen) atoms. The quantitative estimate of drug-likeness (QED) is 0.810. The van der Waals surface area contributed by atoms with E-state index in [2.05, 4.69) is 5.32 Å². The molecule has 0 fully saturated rings. The number of fused-ring (bicyclic) bond motifs is 1. The number of hydrogen-bond donors (Lipinski definition) is 2. The third kappa shape index (κ3) is 3.31. The first-order valence-corrected chi connectivity index (χ1v) is 8.45. The van der Waals surface area contributed by atoms with Crippen LogP contribution in [0.4, 0.5) is 5.69 Å². The number of benzene rings is 2. The second kappa shape index (κ2) is 7.00. The first-order chi connectivity index (χ1) is 12.4. The van der Waals surface area contributed by atoms with Crippen LogP contribution in [-0.4, -0.2) is 33.8 Å². The number of anilines is 1. The van der Waals surface area contributed by atoms with Crippen molar-refractivity contribution in [1.82, 2.24) is 4.90 Å². The third-order valence-electron chi connectivity index (χ3n) is 4.25. The van der Waals surface area contributed by atoms with Gasteiger partial charge in [-0.15, -0.1) is 0 Å². The largest absolute Gasteiger partial charge is 0.508 e. The molecule has 0 bridgehead atoms. The molecule has 3 rings (SSSR count). The SMILES string of the molecule is CC(C)C[C@H](C(=O)Nc1cccc(O)c1)N1C(=O)c2ccccc2C1=O. The zero-order valence-corrected chi connectivity index (χ0v) is 14.6. The van der Waals surface area contributed by atoms with E-state index in [9.17, 15) is 19.5 Å². The zero-order chi connectivity index (χ0) is 18.8. The van der Waals surface area contributed by atoms with Gasteiger partial charge in [-0.05, 0) is 36.6 Å². The molecule has 1 atom stereocenters. The van der Waals surface area contributed by atoms with Crippen molar-refractivity contribution < 1.29 is 19.5 Å². The Morgan fingerprint density at radius 2 is 1.65 bits per heavy atom. The van der Waals surface area contributed by atoms with Gasteiger partial charge >= 0.3 is 0 Å². The number of hydrogen-bond acceptors (Lipinski definition) is 4. The summed E-state index contributed by atoms with van der Waals surface area (Å²) in [6, 6.07) is 11.8. The molecule has 0 saturated carbocycles. The Balaban J connectivity index is 1.90. The minimum Gasteiger partial charge on any atom is -0.508 e. The number of phenols is 1. The van der Waals surface area contributed by atoms with E-state index in [0.717, 1.165) is 4.90 Å². The monoisotopic (exact) mass is 352 g/mol. The molecule has 0 aliphatic carbocycles. The second-order valence-corrected chi connectivity index (χ2v) is 6.71. The topological polar surface area (TPSA) is 86.7 Å². The molecule has 2 N–H and O–H groups in total. The number of rotatable bonds is 5. The Morgan fingerprint density at radius 1 is 1.04 bits per heavy atom. The lowest BCUT2D eigenvalue weighted by Gasteiger charge is -2.26. The van der Waals surface area contributed by atoms with E-state index in [1.807, 2.05) is 13.8 Å². The maximum Gasteiger partial charge on any atom is 0.262 e. The molecule has 134 valence electrons. The summed E-state index contributed by atoms with van der Waals surface area (Å²) in [4.78, 5) is 39.3. The van der Waals surface area contributed by atoms with Gasteiger partial charge in [0, 0.05) is 11.8 Å². The highest BCUT2D eigenvalue weighted by molar-refractivity contribution is 6.23. The van der Waals surface area contributed by atoms with E-state index in [1.54, 1.807) is 36.4 Å². The summed E-state index contributed by atoms with van der Waals surface area (Å²) in [5, 5.41) is 12.2. The molecule has 6 heteroatoms. The maximum absolute atomic E-state index is 12.8. The number of carbonyl (C=O) groups excluding carboxylic acids is 3. The van der Waals surface area contributed by atoms with E-state index in [1.165, 1.54) is 12.1 Å². The third-order valence-corrected chi connectivity index (χ3v) is 4.25. The molecule has 0 aromatic heterocycles. The van der Waals surface area contributed by atoms with Crippen molar-refractivity contribution in [2.75, 3.05) is 5.32 Å². The number of imide groups is 1. The molecule has 2 aromatic carbocycles. The molecule has 2 aromatic rings.